The molecule has 0 saturated carbocycles. The van der Waals surface area contributed by atoms with Gasteiger partial charge in [0.25, 0.3) is 0 Å². The molecule has 5 nitrogen and oxygen atoms in total. The molecule has 1 saturated heterocycles. The summed E-state index contributed by atoms with van der Waals surface area (Å²) in [7, 11) is -3.91. The summed E-state index contributed by atoms with van der Waals surface area (Å²) in [4.78, 5) is -0.321. The van der Waals surface area contributed by atoms with E-state index in [2.05, 4.69) is 14.8 Å². The van der Waals surface area contributed by atoms with E-state index >= 15 is 0 Å². The fourth-order valence-corrected chi connectivity index (χ4v) is 3.66. The number of nitrogens with one attached hydrogen (secondary N) is 2. The number of ether oxygens (including phenoxy) is 1. The van der Waals surface area contributed by atoms with Gasteiger partial charge in [0.15, 0.2) is 11.6 Å². The highest BCUT2D eigenvalue weighted by Crippen LogP contribution is 2.23. The average Bonchev–Trinajstić information content (AvgIpc) is 2.40. The summed E-state index contributed by atoms with van der Waals surface area (Å²) in [6.07, 6.45) is 1.24. The second-order valence-electron chi connectivity index (χ2n) is 5.17. The van der Waals surface area contributed by atoms with E-state index < -0.39 is 28.2 Å². The molecule has 1 aliphatic rings. The van der Waals surface area contributed by atoms with Crippen LogP contribution in [-0.2, 0) is 10.0 Å². The largest absolute Gasteiger partial charge is 0.432 e. The zero-order valence-corrected chi connectivity index (χ0v) is 12.7. The van der Waals surface area contributed by atoms with Crippen LogP contribution in [0.1, 0.15) is 19.8 Å². The molecule has 0 radical (unpaired) electrons. The molecule has 0 amide bonds. The third-order valence-electron chi connectivity index (χ3n) is 3.38. The van der Waals surface area contributed by atoms with E-state index in [9.17, 15) is 21.6 Å². The predicted octanol–water partition coefficient (Wildman–Crippen LogP) is 1.85. The van der Waals surface area contributed by atoms with Crippen molar-refractivity contribution in [3.63, 3.8) is 0 Å². The molecule has 124 valence electrons. The van der Waals surface area contributed by atoms with Crippen molar-refractivity contribution >= 4 is 10.0 Å². The van der Waals surface area contributed by atoms with Crippen molar-refractivity contribution in [1.82, 2.24) is 10.0 Å². The number of benzene rings is 1. The lowest BCUT2D eigenvalue weighted by Crippen LogP contribution is -2.46. The predicted molar refractivity (Wildman–Crippen MR) is 73.8 cm³/mol. The van der Waals surface area contributed by atoms with Gasteiger partial charge in [0.2, 0.25) is 10.0 Å². The maximum atomic E-state index is 13.6. The van der Waals surface area contributed by atoms with Gasteiger partial charge >= 0.3 is 6.61 Å². The van der Waals surface area contributed by atoms with Gasteiger partial charge in [-0.05, 0) is 44.5 Å². The Balaban J connectivity index is 2.13. The van der Waals surface area contributed by atoms with Gasteiger partial charge in [0.1, 0.15) is 0 Å². The maximum absolute atomic E-state index is 13.6. The summed E-state index contributed by atoms with van der Waals surface area (Å²) < 4.78 is 68.6. The first kappa shape index (κ1) is 17.0. The zero-order chi connectivity index (χ0) is 16.3. The van der Waals surface area contributed by atoms with E-state index in [1.807, 2.05) is 6.92 Å². The Bertz CT molecular complexity index is 625. The molecule has 9 heteroatoms. The Kier molecular flexibility index (Phi) is 5.30. The van der Waals surface area contributed by atoms with Crippen LogP contribution >= 0.6 is 0 Å². The van der Waals surface area contributed by atoms with Gasteiger partial charge in [-0.2, -0.15) is 8.78 Å². The maximum Gasteiger partial charge on any atom is 0.387 e. The highest BCUT2D eigenvalue weighted by molar-refractivity contribution is 7.89. The van der Waals surface area contributed by atoms with E-state index in [0.29, 0.717) is 25.5 Å². The van der Waals surface area contributed by atoms with Crippen LogP contribution in [0.4, 0.5) is 13.2 Å². The van der Waals surface area contributed by atoms with Crippen molar-refractivity contribution < 1.29 is 26.3 Å². The van der Waals surface area contributed by atoms with Crippen LogP contribution in [0.25, 0.3) is 0 Å². The number of hydrogen-bond donors (Lipinski definition) is 2. The van der Waals surface area contributed by atoms with Crippen LogP contribution in [0.2, 0.25) is 0 Å². The van der Waals surface area contributed by atoms with Crippen molar-refractivity contribution in [2.24, 2.45) is 0 Å². The zero-order valence-electron chi connectivity index (χ0n) is 11.9. The monoisotopic (exact) mass is 338 g/mol. The lowest BCUT2D eigenvalue weighted by molar-refractivity contribution is -0.0522. The molecular weight excluding hydrogens is 321 g/mol. The van der Waals surface area contributed by atoms with E-state index in [4.69, 9.17) is 0 Å². The summed E-state index contributed by atoms with van der Waals surface area (Å²) in [5.74, 6) is -1.84. The molecule has 0 aromatic heterocycles. The smallest absolute Gasteiger partial charge is 0.387 e. The number of piperidine rings is 1. The summed E-state index contributed by atoms with van der Waals surface area (Å²) in [6, 6.07) is 2.51. The average molecular weight is 338 g/mol. The molecule has 1 fully saturated rings. The Morgan fingerprint density at radius 3 is 2.73 bits per heavy atom. The van der Waals surface area contributed by atoms with Crippen molar-refractivity contribution in [2.75, 3.05) is 6.54 Å². The van der Waals surface area contributed by atoms with Crippen LogP contribution in [0.3, 0.4) is 0 Å². The van der Waals surface area contributed by atoms with Crippen molar-refractivity contribution in [3.05, 3.63) is 24.0 Å². The minimum Gasteiger partial charge on any atom is -0.432 e. The molecule has 1 aromatic carbocycles. The topological polar surface area (TPSA) is 67.4 Å². The minimum absolute atomic E-state index is 0.181. The number of hydrogen-bond acceptors (Lipinski definition) is 4. The van der Waals surface area contributed by atoms with Gasteiger partial charge in [0, 0.05) is 12.1 Å². The molecule has 2 rings (SSSR count). The normalized spacial score (nSPS) is 22.8. The molecule has 1 aliphatic heterocycles. The van der Waals surface area contributed by atoms with Gasteiger partial charge in [-0.3, -0.25) is 0 Å². The first-order chi connectivity index (χ1) is 10.3. The van der Waals surface area contributed by atoms with Crippen molar-refractivity contribution in [3.8, 4) is 5.75 Å². The second-order valence-corrected chi connectivity index (χ2v) is 6.88. The van der Waals surface area contributed by atoms with Gasteiger partial charge in [-0.25, -0.2) is 17.5 Å². The fourth-order valence-electron chi connectivity index (χ4n) is 2.37. The summed E-state index contributed by atoms with van der Waals surface area (Å²) in [5.41, 5.74) is 0. The lowest BCUT2D eigenvalue weighted by atomic mass is 10.0. The van der Waals surface area contributed by atoms with Crippen molar-refractivity contribution in [1.29, 1.82) is 0 Å². The second kappa shape index (κ2) is 6.84. The summed E-state index contributed by atoms with van der Waals surface area (Å²) in [5, 5.41) is 3.19. The minimum atomic E-state index is -3.91. The lowest BCUT2D eigenvalue weighted by Gasteiger charge is -2.28. The Morgan fingerprint density at radius 1 is 1.41 bits per heavy atom. The molecule has 1 heterocycles. The summed E-state index contributed by atoms with van der Waals surface area (Å²) >= 11 is 0. The molecule has 0 spiro atoms. The van der Waals surface area contributed by atoms with Crippen molar-refractivity contribution in [2.45, 2.75) is 43.4 Å². The Morgan fingerprint density at radius 2 is 2.14 bits per heavy atom. The van der Waals surface area contributed by atoms with E-state index in [0.717, 1.165) is 12.1 Å². The number of halogens is 3. The number of rotatable bonds is 5. The Hall–Kier alpha value is -1.32. The SMILES string of the molecule is CC1CC(NS(=O)(=O)c2ccc(OC(F)F)c(F)c2)CCN1. The highest BCUT2D eigenvalue weighted by atomic mass is 32.2. The first-order valence-corrected chi connectivity index (χ1v) is 8.26. The van der Waals surface area contributed by atoms with Crippen LogP contribution in [0.15, 0.2) is 23.1 Å². The van der Waals surface area contributed by atoms with Crippen LogP contribution in [-0.4, -0.2) is 33.7 Å². The molecule has 2 N–H and O–H groups in total. The van der Waals surface area contributed by atoms with Crippen LogP contribution in [0, 0.1) is 5.82 Å². The number of sulfonamides is 1. The van der Waals surface area contributed by atoms with Crippen LogP contribution in [0.5, 0.6) is 5.75 Å². The van der Waals surface area contributed by atoms with Gasteiger partial charge in [-0.1, -0.05) is 0 Å². The van der Waals surface area contributed by atoms with Crippen LogP contribution < -0.4 is 14.8 Å². The summed E-state index contributed by atoms with van der Waals surface area (Å²) in [6.45, 7) is -0.549. The molecule has 1 aromatic rings. The number of alkyl halides is 2. The van der Waals surface area contributed by atoms with Gasteiger partial charge < -0.3 is 10.1 Å². The molecular formula is C13H17F3N2O3S. The molecule has 22 heavy (non-hydrogen) atoms. The quantitative estimate of drug-likeness (QED) is 0.860. The molecule has 2 atom stereocenters. The van der Waals surface area contributed by atoms with E-state index in [1.54, 1.807) is 0 Å². The van der Waals surface area contributed by atoms with Gasteiger partial charge in [-0.15, -0.1) is 0 Å². The van der Waals surface area contributed by atoms with E-state index in [-0.39, 0.29) is 17.0 Å². The fraction of sp³-hybridized carbons (Fsp3) is 0.538. The highest BCUT2D eigenvalue weighted by Gasteiger charge is 2.25. The van der Waals surface area contributed by atoms with E-state index in [1.165, 1.54) is 0 Å². The molecule has 0 bridgehead atoms. The molecule has 0 aliphatic carbocycles. The standard InChI is InChI=1S/C13H17F3N2O3S/c1-8-6-9(4-5-17-8)18-22(19,20)10-2-3-12(11(14)7-10)21-13(15)16/h2-3,7-9,13,17-18H,4-6H2,1H3. The van der Waals surface area contributed by atoms with Gasteiger partial charge in [0.05, 0.1) is 4.90 Å². The first-order valence-electron chi connectivity index (χ1n) is 6.78. The Labute approximate surface area is 126 Å². The third kappa shape index (κ3) is 4.34. The third-order valence-corrected chi connectivity index (χ3v) is 4.89. The molecule has 2 unspecified atom stereocenters.